The molecule has 1 amide bonds. The van der Waals surface area contributed by atoms with Crippen molar-refractivity contribution < 1.29 is 4.79 Å². The van der Waals surface area contributed by atoms with Gasteiger partial charge in [-0.15, -0.1) is 0 Å². The number of benzene rings is 2. The van der Waals surface area contributed by atoms with Crippen LogP contribution in [0.3, 0.4) is 0 Å². The Morgan fingerprint density at radius 2 is 1.95 bits per heavy atom. The summed E-state index contributed by atoms with van der Waals surface area (Å²) in [6.45, 7) is 2.80. The molecule has 2 nitrogen and oxygen atoms in total. The molecule has 0 aromatic heterocycles. The number of rotatable bonds is 2. The Balaban J connectivity index is 2.00. The first kappa shape index (κ1) is 12.3. The number of hydrogen-bond donors (Lipinski definition) is 0. The predicted octanol–water partition coefficient (Wildman–Crippen LogP) is 3.73. The van der Waals surface area contributed by atoms with E-state index in [0.29, 0.717) is 0 Å². The van der Waals surface area contributed by atoms with Gasteiger partial charge in [-0.25, -0.2) is 0 Å². The molecule has 1 aliphatic rings. The van der Waals surface area contributed by atoms with Crippen molar-refractivity contribution in [2.24, 2.45) is 0 Å². The molecule has 0 saturated carbocycles. The molecule has 96 valence electrons. The Morgan fingerprint density at radius 1 is 1.16 bits per heavy atom. The Bertz CT molecular complexity index is 651. The molecule has 0 bridgehead atoms. The maximum atomic E-state index is 12.2. The van der Waals surface area contributed by atoms with E-state index in [-0.39, 0.29) is 5.91 Å². The van der Waals surface area contributed by atoms with Gasteiger partial charge in [0, 0.05) is 23.4 Å². The highest BCUT2D eigenvalue weighted by molar-refractivity contribution is 7.99. The first-order chi connectivity index (χ1) is 9.15. The van der Waals surface area contributed by atoms with Crippen molar-refractivity contribution in [1.82, 2.24) is 4.90 Å². The molecule has 0 atom stereocenters. The van der Waals surface area contributed by atoms with Crippen LogP contribution in [0.15, 0.2) is 52.3 Å². The quantitative estimate of drug-likeness (QED) is 0.828. The zero-order valence-electron chi connectivity index (χ0n) is 11.0. The molecule has 0 unspecified atom stereocenters. The van der Waals surface area contributed by atoms with Gasteiger partial charge in [0.1, 0.15) is 0 Å². The molecule has 2 aromatic rings. The maximum absolute atomic E-state index is 12.2. The molecule has 3 rings (SSSR count). The summed E-state index contributed by atoms with van der Waals surface area (Å²) in [5, 5.41) is 0. The summed E-state index contributed by atoms with van der Waals surface area (Å²) in [6, 6.07) is 14.5. The van der Waals surface area contributed by atoms with Crippen molar-refractivity contribution in [3.8, 4) is 0 Å². The summed E-state index contributed by atoms with van der Waals surface area (Å²) in [4.78, 5) is 16.2. The van der Waals surface area contributed by atoms with Crippen LogP contribution in [-0.4, -0.2) is 17.9 Å². The monoisotopic (exact) mass is 269 g/mol. The molecule has 19 heavy (non-hydrogen) atoms. The van der Waals surface area contributed by atoms with E-state index in [1.165, 1.54) is 10.5 Å². The molecular formula is C16H15NOS. The average molecular weight is 269 g/mol. The summed E-state index contributed by atoms with van der Waals surface area (Å²) in [5.74, 6) is 0.130. The highest BCUT2D eigenvalue weighted by Gasteiger charge is 2.27. The van der Waals surface area contributed by atoms with Crippen LogP contribution in [0.25, 0.3) is 0 Å². The van der Waals surface area contributed by atoms with Crippen LogP contribution in [0.2, 0.25) is 0 Å². The Morgan fingerprint density at radius 3 is 2.74 bits per heavy atom. The van der Waals surface area contributed by atoms with E-state index in [0.717, 1.165) is 22.6 Å². The maximum Gasteiger partial charge on any atom is 0.255 e. The van der Waals surface area contributed by atoms with Crippen LogP contribution in [0, 0.1) is 6.92 Å². The van der Waals surface area contributed by atoms with E-state index >= 15 is 0 Å². The van der Waals surface area contributed by atoms with Gasteiger partial charge < -0.3 is 4.90 Å². The average Bonchev–Trinajstić information content (AvgIpc) is 2.66. The van der Waals surface area contributed by atoms with Gasteiger partial charge in [0.05, 0.1) is 5.56 Å². The van der Waals surface area contributed by atoms with Gasteiger partial charge in [-0.05, 0) is 30.7 Å². The zero-order valence-corrected chi connectivity index (χ0v) is 11.8. The summed E-state index contributed by atoms with van der Waals surface area (Å²) < 4.78 is 0. The molecule has 0 saturated heterocycles. The van der Waals surface area contributed by atoms with Crippen LogP contribution in [0.4, 0.5) is 0 Å². The SMILES string of the molecule is Cc1cccc(Sc2cccc3c2C(=O)N(C)C3)c1. The number of hydrogen-bond acceptors (Lipinski definition) is 2. The van der Waals surface area contributed by atoms with Gasteiger partial charge in [-0.3, -0.25) is 4.79 Å². The van der Waals surface area contributed by atoms with Gasteiger partial charge in [0.15, 0.2) is 0 Å². The fourth-order valence-corrected chi connectivity index (χ4v) is 3.47. The van der Waals surface area contributed by atoms with Gasteiger partial charge in [-0.1, -0.05) is 41.6 Å². The molecule has 0 fully saturated rings. The third-order valence-corrected chi connectivity index (χ3v) is 4.35. The van der Waals surface area contributed by atoms with Gasteiger partial charge in [-0.2, -0.15) is 0 Å². The molecule has 1 heterocycles. The third-order valence-electron chi connectivity index (χ3n) is 3.30. The van der Waals surface area contributed by atoms with Gasteiger partial charge in [0.25, 0.3) is 5.91 Å². The third kappa shape index (κ3) is 2.26. The molecule has 3 heteroatoms. The molecule has 0 aliphatic carbocycles. The van der Waals surface area contributed by atoms with Crippen molar-refractivity contribution in [2.45, 2.75) is 23.3 Å². The summed E-state index contributed by atoms with van der Waals surface area (Å²) in [6.07, 6.45) is 0. The van der Waals surface area contributed by atoms with Crippen LogP contribution >= 0.6 is 11.8 Å². The van der Waals surface area contributed by atoms with E-state index in [1.807, 2.05) is 25.2 Å². The number of aryl methyl sites for hydroxylation is 1. The van der Waals surface area contributed by atoms with Crippen molar-refractivity contribution in [2.75, 3.05) is 7.05 Å². The van der Waals surface area contributed by atoms with Crippen molar-refractivity contribution in [1.29, 1.82) is 0 Å². The highest BCUT2D eigenvalue weighted by atomic mass is 32.2. The standard InChI is InChI=1S/C16H15NOS/c1-11-5-3-7-13(9-11)19-14-8-4-6-12-10-17(2)16(18)15(12)14/h3-9H,10H2,1-2H3. The number of carbonyl (C=O) groups is 1. The smallest absolute Gasteiger partial charge is 0.255 e. The molecule has 0 N–H and O–H groups in total. The first-order valence-corrected chi connectivity index (χ1v) is 7.08. The molecule has 1 aliphatic heterocycles. The first-order valence-electron chi connectivity index (χ1n) is 6.27. The lowest BCUT2D eigenvalue weighted by atomic mass is 10.1. The summed E-state index contributed by atoms with van der Waals surface area (Å²) in [5.41, 5.74) is 3.24. The van der Waals surface area contributed by atoms with Crippen molar-refractivity contribution >= 4 is 17.7 Å². The molecule has 0 spiro atoms. The molecule has 0 radical (unpaired) electrons. The Kier molecular flexibility index (Phi) is 3.07. The van der Waals surface area contributed by atoms with Crippen molar-refractivity contribution in [3.05, 3.63) is 59.2 Å². The lowest BCUT2D eigenvalue weighted by Crippen LogP contribution is -2.17. The second-order valence-electron chi connectivity index (χ2n) is 4.87. The number of amides is 1. The second-order valence-corrected chi connectivity index (χ2v) is 5.99. The normalized spacial score (nSPS) is 13.8. The van der Waals surface area contributed by atoms with E-state index < -0.39 is 0 Å². The fourth-order valence-electron chi connectivity index (χ4n) is 2.36. The summed E-state index contributed by atoms with van der Waals surface area (Å²) >= 11 is 1.67. The minimum atomic E-state index is 0.130. The zero-order chi connectivity index (χ0) is 13.4. The van der Waals surface area contributed by atoms with E-state index in [2.05, 4.69) is 31.2 Å². The van der Waals surface area contributed by atoms with E-state index in [4.69, 9.17) is 0 Å². The topological polar surface area (TPSA) is 20.3 Å². The Labute approximate surface area is 117 Å². The molecular weight excluding hydrogens is 254 g/mol. The number of carbonyl (C=O) groups excluding carboxylic acids is 1. The van der Waals surface area contributed by atoms with Crippen LogP contribution in [0.5, 0.6) is 0 Å². The van der Waals surface area contributed by atoms with Gasteiger partial charge >= 0.3 is 0 Å². The lowest BCUT2D eigenvalue weighted by molar-refractivity contribution is 0.0814. The van der Waals surface area contributed by atoms with E-state index in [1.54, 1.807) is 16.7 Å². The second kappa shape index (κ2) is 4.74. The molecule has 2 aromatic carbocycles. The van der Waals surface area contributed by atoms with Crippen LogP contribution in [0.1, 0.15) is 21.5 Å². The predicted molar refractivity (Wildman–Crippen MR) is 77.5 cm³/mol. The van der Waals surface area contributed by atoms with E-state index in [9.17, 15) is 4.79 Å². The minimum Gasteiger partial charge on any atom is -0.337 e. The van der Waals surface area contributed by atoms with Crippen LogP contribution < -0.4 is 0 Å². The van der Waals surface area contributed by atoms with Crippen LogP contribution in [-0.2, 0) is 6.54 Å². The number of nitrogens with zero attached hydrogens (tertiary/aromatic N) is 1. The Hall–Kier alpha value is -1.74. The highest BCUT2D eigenvalue weighted by Crippen LogP contribution is 2.35. The largest absolute Gasteiger partial charge is 0.337 e. The minimum absolute atomic E-state index is 0.130. The number of fused-ring (bicyclic) bond motifs is 1. The van der Waals surface area contributed by atoms with Crippen molar-refractivity contribution in [3.63, 3.8) is 0 Å². The van der Waals surface area contributed by atoms with Gasteiger partial charge in [0.2, 0.25) is 0 Å². The fraction of sp³-hybridized carbons (Fsp3) is 0.188. The lowest BCUT2D eigenvalue weighted by Gasteiger charge is -2.08. The summed E-state index contributed by atoms with van der Waals surface area (Å²) in [7, 11) is 1.85.